The molecule has 0 spiro atoms. The lowest BCUT2D eigenvalue weighted by Crippen LogP contribution is -2.48. The van der Waals surface area contributed by atoms with Crippen LogP contribution in [0.2, 0.25) is 0 Å². The van der Waals surface area contributed by atoms with Gasteiger partial charge in [-0.25, -0.2) is 0 Å². The van der Waals surface area contributed by atoms with E-state index in [2.05, 4.69) is 90.7 Å². The highest BCUT2D eigenvalue weighted by Crippen LogP contribution is 2.29. The van der Waals surface area contributed by atoms with Crippen LogP contribution in [0.1, 0.15) is 65.0 Å². The molecule has 180 valence electrons. The lowest BCUT2D eigenvalue weighted by atomic mass is 9.87. The monoisotopic (exact) mass is 476 g/mol. The molecule has 34 heavy (non-hydrogen) atoms. The molecule has 2 atom stereocenters. The van der Waals surface area contributed by atoms with E-state index < -0.39 is 0 Å². The van der Waals surface area contributed by atoms with Gasteiger partial charge in [0.25, 0.3) is 0 Å². The molecule has 1 saturated heterocycles. The van der Waals surface area contributed by atoms with Crippen LogP contribution in [-0.2, 0) is 16.8 Å². The second kappa shape index (κ2) is 10.3. The molecule has 0 saturated carbocycles. The largest absolute Gasteiger partial charge is 0.337 e. The summed E-state index contributed by atoms with van der Waals surface area (Å²) < 4.78 is 2.14. The zero-order valence-corrected chi connectivity index (χ0v) is 21.8. The lowest BCUT2D eigenvalue weighted by Gasteiger charge is -2.39. The Bertz CT molecular complexity index is 1090. The first-order chi connectivity index (χ1) is 16.2. The second-order valence-corrected chi connectivity index (χ2v) is 11.4. The molecule has 2 unspecified atom stereocenters. The summed E-state index contributed by atoms with van der Waals surface area (Å²) >= 11 is 1.49. The predicted molar refractivity (Wildman–Crippen MR) is 140 cm³/mol. The van der Waals surface area contributed by atoms with E-state index in [-0.39, 0.29) is 11.3 Å². The van der Waals surface area contributed by atoms with E-state index >= 15 is 0 Å². The summed E-state index contributed by atoms with van der Waals surface area (Å²) in [4.78, 5) is 15.2. The van der Waals surface area contributed by atoms with Gasteiger partial charge >= 0.3 is 0 Å². The van der Waals surface area contributed by atoms with Crippen LogP contribution in [0.5, 0.6) is 0 Å². The van der Waals surface area contributed by atoms with Gasteiger partial charge in [-0.1, -0.05) is 87.1 Å². The van der Waals surface area contributed by atoms with Crippen LogP contribution in [0.15, 0.2) is 59.8 Å². The Morgan fingerprint density at radius 1 is 0.971 bits per heavy atom. The van der Waals surface area contributed by atoms with Crippen molar-refractivity contribution in [3.8, 4) is 11.4 Å². The molecule has 0 radical (unpaired) electrons. The van der Waals surface area contributed by atoms with Crippen LogP contribution >= 0.6 is 11.8 Å². The molecule has 1 aliphatic heterocycles. The Kier molecular flexibility index (Phi) is 7.46. The number of hydrogen-bond acceptors (Lipinski definition) is 4. The summed E-state index contributed by atoms with van der Waals surface area (Å²) in [6, 6.07) is 19.6. The lowest BCUT2D eigenvalue weighted by molar-refractivity contribution is -0.134. The Morgan fingerprint density at radius 3 is 2.24 bits per heavy atom. The summed E-state index contributed by atoms with van der Waals surface area (Å²) in [7, 11) is 0. The molecular weight excluding hydrogens is 440 g/mol. The van der Waals surface area contributed by atoms with E-state index in [4.69, 9.17) is 0 Å². The highest BCUT2D eigenvalue weighted by molar-refractivity contribution is 7.99. The number of rotatable bonds is 6. The molecule has 4 rings (SSSR count). The molecule has 1 aromatic heterocycles. The zero-order valence-electron chi connectivity index (χ0n) is 21.0. The maximum Gasteiger partial charge on any atom is 0.233 e. The van der Waals surface area contributed by atoms with Crippen molar-refractivity contribution >= 4 is 17.7 Å². The van der Waals surface area contributed by atoms with Crippen molar-refractivity contribution in [1.82, 2.24) is 19.7 Å². The minimum Gasteiger partial charge on any atom is -0.337 e. The predicted octanol–water partition coefficient (Wildman–Crippen LogP) is 6.17. The maximum absolute atomic E-state index is 13.1. The SMILES string of the molecule is CC1CCCC(C)N1C(=O)CSc1nnc(-c2ccc(C(C)(C)C)cc2)n1Cc1ccccc1. The first-order valence-corrected chi connectivity index (χ1v) is 13.2. The van der Waals surface area contributed by atoms with Gasteiger partial charge in [0.15, 0.2) is 11.0 Å². The zero-order chi connectivity index (χ0) is 24.3. The van der Waals surface area contributed by atoms with Crippen LogP contribution in [0.4, 0.5) is 0 Å². The van der Waals surface area contributed by atoms with E-state index in [0.717, 1.165) is 29.4 Å². The van der Waals surface area contributed by atoms with Gasteiger partial charge in [0.1, 0.15) is 0 Å². The van der Waals surface area contributed by atoms with Gasteiger partial charge in [0.05, 0.1) is 12.3 Å². The van der Waals surface area contributed by atoms with Crippen molar-refractivity contribution in [2.24, 2.45) is 0 Å². The van der Waals surface area contributed by atoms with Gasteiger partial charge in [0, 0.05) is 17.6 Å². The number of aromatic nitrogens is 3. The highest BCUT2D eigenvalue weighted by Gasteiger charge is 2.29. The Morgan fingerprint density at radius 2 is 1.62 bits per heavy atom. The van der Waals surface area contributed by atoms with Crippen LogP contribution in [0.25, 0.3) is 11.4 Å². The van der Waals surface area contributed by atoms with Crippen molar-refractivity contribution in [1.29, 1.82) is 0 Å². The average molecular weight is 477 g/mol. The molecule has 1 amide bonds. The van der Waals surface area contributed by atoms with E-state index in [1.54, 1.807) is 0 Å². The summed E-state index contributed by atoms with van der Waals surface area (Å²) in [5.74, 6) is 1.40. The molecule has 0 N–H and O–H groups in total. The number of carbonyl (C=O) groups excluding carboxylic acids is 1. The maximum atomic E-state index is 13.1. The van der Waals surface area contributed by atoms with Gasteiger partial charge in [0.2, 0.25) is 5.91 Å². The fourth-order valence-corrected chi connectivity index (χ4v) is 5.56. The smallest absolute Gasteiger partial charge is 0.233 e. The van der Waals surface area contributed by atoms with Crippen molar-refractivity contribution in [2.75, 3.05) is 5.75 Å². The molecule has 6 heteroatoms. The number of nitrogens with zero attached hydrogens (tertiary/aromatic N) is 4. The van der Waals surface area contributed by atoms with Gasteiger partial charge in [-0.2, -0.15) is 0 Å². The van der Waals surface area contributed by atoms with E-state index in [1.165, 1.54) is 29.3 Å². The quantitative estimate of drug-likeness (QED) is 0.399. The number of likely N-dealkylation sites (tertiary alicyclic amines) is 1. The third-order valence-electron chi connectivity index (χ3n) is 6.72. The molecular formula is C28H36N4OS. The normalized spacial score (nSPS) is 18.8. The Labute approximate surface area is 208 Å². The molecule has 3 aromatic rings. The van der Waals surface area contributed by atoms with E-state index in [9.17, 15) is 4.79 Å². The first kappa shape index (κ1) is 24.5. The summed E-state index contributed by atoms with van der Waals surface area (Å²) in [5, 5.41) is 9.86. The minimum absolute atomic E-state index is 0.0976. The molecule has 5 nitrogen and oxygen atoms in total. The molecule has 2 aromatic carbocycles. The fraction of sp³-hybridized carbons (Fsp3) is 0.464. The van der Waals surface area contributed by atoms with Crippen molar-refractivity contribution < 1.29 is 4.79 Å². The van der Waals surface area contributed by atoms with Gasteiger partial charge in [-0.3, -0.25) is 9.36 Å². The van der Waals surface area contributed by atoms with Crippen molar-refractivity contribution in [2.45, 2.75) is 83.1 Å². The standard InChI is InChI=1S/C28H36N4OS/c1-20-10-9-11-21(2)32(20)25(33)19-34-27-30-29-26(31(27)18-22-12-7-6-8-13-22)23-14-16-24(17-15-23)28(3,4)5/h6-8,12-17,20-21H,9-11,18-19H2,1-5H3. The number of amides is 1. The molecule has 2 heterocycles. The molecule has 0 aliphatic carbocycles. The summed E-state index contributed by atoms with van der Waals surface area (Å²) in [5.41, 5.74) is 3.60. The van der Waals surface area contributed by atoms with Crippen LogP contribution < -0.4 is 0 Å². The topological polar surface area (TPSA) is 51.0 Å². The van der Waals surface area contributed by atoms with E-state index in [0.29, 0.717) is 24.4 Å². The second-order valence-electron chi connectivity index (χ2n) is 10.4. The average Bonchev–Trinajstić information content (AvgIpc) is 3.20. The van der Waals surface area contributed by atoms with Crippen molar-refractivity contribution in [3.63, 3.8) is 0 Å². The first-order valence-electron chi connectivity index (χ1n) is 12.3. The number of piperidine rings is 1. The Balaban J connectivity index is 1.59. The Hall–Kier alpha value is -2.60. The van der Waals surface area contributed by atoms with E-state index in [1.807, 2.05) is 18.2 Å². The summed E-state index contributed by atoms with van der Waals surface area (Å²) in [6.45, 7) is 11.6. The third kappa shape index (κ3) is 5.54. The van der Waals surface area contributed by atoms with Crippen molar-refractivity contribution in [3.05, 3.63) is 65.7 Å². The van der Waals surface area contributed by atoms with Crippen LogP contribution in [0.3, 0.4) is 0 Å². The minimum atomic E-state index is 0.0976. The number of hydrogen-bond donors (Lipinski definition) is 0. The number of thioether (sulfide) groups is 1. The van der Waals surface area contributed by atoms with Gasteiger partial charge in [-0.05, 0) is 49.7 Å². The number of benzene rings is 2. The molecule has 0 bridgehead atoms. The van der Waals surface area contributed by atoms with Gasteiger partial charge in [-0.15, -0.1) is 10.2 Å². The van der Waals surface area contributed by atoms with Crippen LogP contribution in [0, 0.1) is 0 Å². The highest BCUT2D eigenvalue weighted by atomic mass is 32.2. The van der Waals surface area contributed by atoms with Crippen LogP contribution in [-0.4, -0.2) is 43.4 Å². The fourth-order valence-electron chi connectivity index (χ4n) is 4.75. The molecule has 1 fully saturated rings. The summed E-state index contributed by atoms with van der Waals surface area (Å²) in [6.07, 6.45) is 3.36. The van der Waals surface area contributed by atoms with Gasteiger partial charge < -0.3 is 4.90 Å². The third-order valence-corrected chi connectivity index (χ3v) is 7.67. The number of carbonyl (C=O) groups is 1. The molecule has 1 aliphatic rings.